The van der Waals surface area contributed by atoms with Crippen LogP contribution in [0.4, 0.5) is 5.82 Å². The number of aromatic amines is 1. The number of aryl methyl sites for hydroxylation is 1. The Hall–Kier alpha value is -1.12. The lowest BCUT2D eigenvalue weighted by Crippen LogP contribution is -2.46. The van der Waals surface area contributed by atoms with Crippen molar-refractivity contribution in [2.45, 2.75) is 37.4 Å². The molecule has 4 rings (SSSR count). The van der Waals surface area contributed by atoms with Gasteiger partial charge < -0.3 is 4.90 Å². The average molecular weight is 423 g/mol. The summed E-state index contributed by atoms with van der Waals surface area (Å²) in [6.07, 6.45) is 8.81. The number of anilines is 1. The minimum atomic E-state index is 0.823. The van der Waals surface area contributed by atoms with Crippen LogP contribution in [0.2, 0.25) is 0 Å². The number of hydrogen-bond acceptors (Lipinski definition) is 6. The van der Waals surface area contributed by atoms with Crippen LogP contribution < -0.4 is 4.90 Å². The molecule has 0 spiro atoms. The number of nitrogens with one attached hydrogen (secondary N) is 1. The highest BCUT2D eigenvalue weighted by Gasteiger charge is 2.23. The lowest BCUT2D eigenvalue weighted by atomic mass is 9.96. The van der Waals surface area contributed by atoms with Gasteiger partial charge in [-0.05, 0) is 53.4 Å². The van der Waals surface area contributed by atoms with E-state index in [1.165, 1.54) is 36.2 Å². The predicted molar refractivity (Wildman–Crippen MR) is 104 cm³/mol. The van der Waals surface area contributed by atoms with Gasteiger partial charge in [-0.1, -0.05) is 11.8 Å². The van der Waals surface area contributed by atoms with E-state index >= 15 is 0 Å². The molecule has 2 aliphatic rings. The van der Waals surface area contributed by atoms with E-state index in [0.717, 1.165) is 54.6 Å². The van der Waals surface area contributed by atoms with Crippen molar-refractivity contribution in [1.82, 2.24) is 25.1 Å². The summed E-state index contributed by atoms with van der Waals surface area (Å²) in [5.41, 5.74) is 4.11. The second-order valence-corrected chi connectivity index (χ2v) is 8.25. The number of nitrogens with zero attached hydrogens (tertiary/aromatic N) is 5. The zero-order valence-corrected chi connectivity index (χ0v) is 16.9. The largest absolute Gasteiger partial charge is 0.353 e. The Kier molecular flexibility index (Phi) is 5.28. The van der Waals surface area contributed by atoms with Gasteiger partial charge in [0.05, 0.1) is 10.2 Å². The lowest BCUT2D eigenvalue weighted by molar-refractivity contribution is 0.245. The standard InChI is InChI=1S/C17H23BrN6S/c1-25-17-19-10-13(18)16(20-17)24-8-6-23(7-9-24)11-15-12-4-2-3-5-14(12)21-22-15/h10H,2-9,11H2,1H3,(H,21,22). The normalized spacial score (nSPS) is 18.4. The first-order chi connectivity index (χ1) is 12.2. The van der Waals surface area contributed by atoms with Crippen LogP contribution in [0.5, 0.6) is 0 Å². The minimum Gasteiger partial charge on any atom is -0.353 e. The summed E-state index contributed by atoms with van der Waals surface area (Å²) in [6, 6.07) is 0. The second-order valence-electron chi connectivity index (χ2n) is 6.63. The van der Waals surface area contributed by atoms with E-state index in [-0.39, 0.29) is 0 Å². The molecule has 0 aromatic carbocycles. The molecule has 1 saturated heterocycles. The molecule has 1 N–H and O–H groups in total. The molecule has 0 bridgehead atoms. The van der Waals surface area contributed by atoms with Crippen molar-refractivity contribution in [1.29, 1.82) is 0 Å². The molecule has 6 nitrogen and oxygen atoms in total. The van der Waals surface area contributed by atoms with Gasteiger partial charge in [-0.15, -0.1) is 0 Å². The van der Waals surface area contributed by atoms with Crippen molar-refractivity contribution in [2.24, 2.45) is 0 Å². The number of hydrogen-bond donors (Lipinski definition) is 1. The van der Waals surface area contributed by atoms with Crippen LogP contribution in [-0.2, 0) is 19.4 Å². The molecule has 3 heterocycles. The third-order valence-corrected chi connectivity index (χ3v) is 6.19. The molecular weight excluding hydrogens is 400 g/mol. The molecule has 1 aliphatic heterocycles. The van der Waals surface area contributed by atoms with E-state index in [0.29, 0.717) is 0 Å². The van der Waals surface area contributed by atoms with E-state index < -0.39 is 0 Å². The maximum Gasteiger partial charge on any atom is 0.189 e. The maximum atomic E-state index is 4.67. The van der Waals surface area contributed by atoms with Gasteiger partial charge >= 0.3 is 0 Å². The molecule has 2 aromatic heterocycles. The molecule has 0 radical (unpaired) electrons. The van der Waals surface area contributed by atoms with Gasteiger partial charge in [0.15, 0.2) is 5.16 Å². The first kappa shape index (κ1) is 17.3. The minimum absolute atomic E-state index is 0.823. The molecule has 0 amide bonds. The second kappa shape index (κ2) is 7.63. The number of piperazine rings is 1. The van der Waals surface area contributed by atoms with Gasteiger partial charge in [-0.2, -0.15) is 5.10 Å². The predicted octanol–water partition coefficient (Wildman–Crippen LogP) is 2.89. The summed E-state index contributed by atoms with van der Waals surface area (Å²) < 4.78 is 0.972. The molecule has 134 valence electrons. The van der Waals surface area contributed by atoms with Crippen molar-refractivity contribution in [2.75, 3.05) is 37.3 Å². The molecule has 1 fully saturated rings. The summed E-state index contributed by atoms with van der Waals surface area (Å²) >= 11 is 5.18. The fourth-order valence-corrected chi connectivity index (χ4v) is 4.45. The number of halogens is 1. The fraction of sp³-hybridized carbons (Fsp3) is 0.588. The monoisotopic (exact) mass is 422 g/mol. The van der Waals surface area contributed by atoms with E-state index in [1.54, 1.807) is 11.8 Å². The van der Waals surface area contributed by atoms with Crippen LogP contribution in [-0.4, -0.2) is 57.5 Å². The van der Waals surface area contributed by atoms with Crippen LogP contribution in [0.15, 0.2) is 15.8 Å². The molecule has 2 aromatic rings. The van der Waals surface area contributed by atoms with E-state index in [4.69, 9.17) is 0 Å². The number of aromatic nitrogens is 4. The van der Waals surface area contributed by atoms with E-state index in [9.17, 15) is 0 Å². The first-order valence-electron chi connectivity index (χ1n) is 8.83. The van der Waals surface area contributed by atoms with Crippen molar-refractivity contribution in [3.63, 3.8) is 0 Å². The molecule has 1 aliphatic carbocycles. The molecule has 0 unspecified atom stereocenters. The summed E-state index contributed by atoms with van der Waals surface area (Å²) in [7, 11) is 0. The summed E-state index contributed by atoms with van der Waals surface area (Å²) in [6.45, 7) is 4.99. The number of thioether (sulfide) groups is 1. The molecule has 25 heavy (non-hydrogen) atoms. The van der Waals surface area contributed by atoms with Gasteiger partial charge in [-0.25, -0.2) is 9.97 Å². The lowest BCUT2D eigenvalue weighted by Gasteiger charge is -2.35. The average Bonchev–Trinajstić information content (AvgIpc) is 3.06. The number of rotatable bonds is 4. The Bertz CT molecular complexity index is 741. The Labute approximate surface area is 160 Å². The quantitative estimate of drug-likeness (QED) is 0.603. The van der Waals surface area contributed by atoms with Crippen LogP contribution in [0.3, 0.4) is 0 Å². The van der Waals surface area contributed by atoms with Crippen molar-refractivity contribution in [3.8, 4) is 0 Å². The molecular formula is C17H23BrN6S. The van der Waals surface area contributed by atoms with Crippen LogP contribution in [0.25, 0.3) is 0 Å². The van der Waals surface area contributed by atoms with Crippen molar-refractivity contribution < 1.29 is 0 Å². The van der Waals surface area contributed by atoms with Gasteiger partial charge in [0.2, 0.25) is 0 Å². The van der Waals surface area contributed by atoms with Crippen molar-refractivity contribution in [3.05, 3.63) is 27.6 Å². The Morgan fingerprint density at radius 3 is 2.80 bits per heavy atom. The highest BCUT2D eigenvalue weighted by Crippen LogP contribution is 2.27. The summed E-state index contributed by atoms with van der Waals surface area (Å²) in [5, 5.41) is 8.68. The third-order valence-electron chi connectivity index (χ3n) is 5.07. The fourth-order valence-electron chi connectivity index (χ4n) is 3.67. The smallest absolute Gasteiger partial charge is 0.189 e. The Morgan fingerprint density at radius 2 is 2.00 bits per heavy atom. The Balaban J connectivity index is 1.39. The topological polar surface area (TPSA) is 60.9 Å². The SMILES string of the molecule is CSc1ncc(Br)c(N2CCN(Cc3n[nH]c4c3CCCC4)CC2)n1. The van der Waals surface area contributed by atoms with Gasteiger partial charge in [0, 0.05) is 44.6 Å². The molecule has 0 saturated carbocycles. The highest BCUT2D eigenvalue weighted by atomic mass is 79.9. The van der Waals surface area contributed by atoms with Gasteiger partial charge in [0.25, 0.3) is 0 Å². The van der Waals surface area contributed by atoms with Crippen LogP contribution >= 0.6 is 27.7 Å². The number of fused-ring (bicyclic) bond motifs is 1. The Morgan fingerprint density at radius 1 is 1.20 bits per heavy atom. The molecule has 0 atom stereocenters. The van der Waals surface area contributed by atoms with Gasteiger partial charge in [-0.3, -0.25) is 10.00 Å². The van der Waals surface area contributed by atoms with Crippen LogP contribution in [0.1, 0.15) is 29.8 Å². The van der Waals surface area contributed by atoms with E-state index in [1.807, 2.05) is 12.5 Å². The summed E-state index contributed by atoms with van der Waals surface area (Å²) in [4.78, 5) is 13.8. The number of H-pyrrole nitrogens is 1. The summed E-state index contributed by atoms with van der Waals surface area (Å²) in [5.74, 6) is 1.01. The highest BCUT2D eigenvalue weighted by molar-refractivity contribution is 9.10. The molecule has 8 heteroatoms. The maximum absolute atomic E-state index is 4.67. The zero-order valence-electron chi connectivity index (χ0n) is 14.5. The van der Waals surface area contributed by atoms with Gasteiger partial charge in [0.1, 0.15) is 5.82 Å². The van der Waals surface area contributed by atoms with Crippen LogP contribution in [0, 0.1) is 0 Å². The first-order valence-corrected chi connectivity index (χ1v) is 10.8. The van der Waals surface area contributed by atoms with E-state index in [2.05, 4.69) is 45.9 Å². The van der Waals surface area contributed by atoms with Crippen molar-refractivity contribution >= 4 is 33.5 Å². The zero-order chi connectivity index (χ0) is 17.2. The third kappa shape index (κ3) is 3.71.